The first-order valence-corrected chi connectivity index (χ1v) is 20.7. The average molecular weight is 724 g/mol. The van der Waals surface area contributed by atoms with E-state index in [0.29, 0.717) is 19.3 Å². The first-order chi connectivity index (χ1) is 25.2. The molecule has 9 nitrogen and oxygen atoms in total. The maximum atomic E-state index is 13.2. The van der Waals surface area contributed by atoms with Crippen LogP contribution >= 0.6 is 0 Å². The van der Waals surface area contributed by atoms with Crippen LogP contribution in [0.2, 0.25) is 0 Å². The summed E-state index contributed by atoms with van der Waals surface area (Å²) in [5.41, 5.74) is 0.928. The first-order valence-electron chi connectivity index (χ1n) is 20.7. The van der Waals surface area contributed by atoms with E-state index in [1.807, 2.05) is 19.0 Å². The van der Waals surface area contributed by atoms with Crippen LogP contribution in [0.1, 0.15) is 141 Å². The molecule has 52 heavy (non-hydrogen) atoms. The van der Waals surface area contributed by atoms with Gasteiger partial charge in [-0.3, -0.25) is 19.3 Å². The van der Waals surface area contributed by atoms with E-state index in [1.54, 1.807) is 12.5 Å². The summed E-state index contributed by atoms with van der Waals surface area (Å²) >= 11 is 0. The van der Waals surface area contributed by atoms with Crippen molar-refractivity contribution in [2.45, 2.75) is 148 Å². The number of imidazole rings is 1. The van der Waals surface area contributed by atoms with Crippen LogP contribution in [0.3, 0.4) is 0 Å². The fraction of sp³-hybridized carbons (Fsp3) is 0.767. The molecule has 0 radical (unpaired) electrons. The standard InChI is InChI=1S/C43H69N3O6/c1-4-5-6-7-8-9-10-11-12-13-14-15-16-17-18-19-20-40(47)50-30-37(32-52-42(49)39(46(2)3)24-38-29-44-33-45-38)31-51-41(48)28-43-25-34-21-35(26-43)23-36(22-34)27-43/h8-9,11-12,29,33-37,39H,4-7,10,13-28,30-32H2,1-3H3,(H,44,45)/b9-8-,12-11-/t34?,35?,36?,37?,39-,43?/m0/s1. The number of hydrogen-bond donors (Lipinski definition) is 1. The minimum atomic E-state index is -0.508. The van der Waals surface area contributed by atoms with Gasteiger partial charge in [-0.2, -0.15) is 0 Å². The third kappa shape index (κ3) is 15.2. The van der Waals surface area contributed by atoms with Gasteiger partial charge in [0.1, 0.15) is 25.9 Å². The Kier molecular flexibility index (Phi) is 18.5. The number of ether oxygens (including phenoxy) is 3. The number of nitrogens with one attached hydrogen (secondary N) is 1. The molecule has 292 valence electrons. The van der Waals surface area contributed by atoms with Crippen molar-refractivity contribution in [3.8, 4) is 0 Å². The summed E-state index contributed by atoms with van der Waals surface area (Å²) in [6.07, 6.45) is 34.8. The zero-order chi connectivity index (χ0) is 37.0. The number of rotatable bonds is 27. The molecular weight excluding hydrogens is 654 g/mol. The van der Waals surface area contributed by atoms with Gasteiger partial charge in [0, 0.05) is 24.7 Å². The molecule has 4 bridgehead atoms. The Morgan fingerprint density at radius 3 is 1.98 bits per heavy atom. The normalized spacial score (nSPS) is 23.4. The summed E-state index contributed by atoms with van der Waals surface area (Å²) < 4.78 is 17.3. The number of aromatic nitrogens is 2. The molecule has 4 fully saturated rings. The zero-order valence-electron chi connectivity index (χ0n) is 32.7. The molecular formula is C43H69N3O6. The molecule has 0 saturated heterocycles. The van der Waals surface area contributed by atoms with Crippen molar-refractivity contribution in [3.63, 3.8) is 0 Å². The second kappa shape index (κ2) is 23.0. The lowest BCUT2D eigenvalue weighted by atomic mass is 9.49. The average Bonchev–Trinajstić information content (AvgIpc) is 3.62. The lowest BCUT2D eigenvalue weighted by Crippen LogP contribution is -2.47. The Balaban J connectivity index is 1.14. The number of nitrogens with zero attached hydrogens (tertiary/aromatic N) is 2. The number of carbonyl (C=O) groups is 3. The van der Waals surface area contributed by atoms with Gasteiger partial charge in [0.2, 0.25) is 0 Å². The van der Waals surface area contributed by atoms with E-state index in [2.05, 4.69) is 41.2 Å². The molecule has 1 heterocycles. The van der Waals surface area contributed by atoms with Gasteiger partial charge >= 0.3 is 17.9 Å². The fourth-order valence-electron chi connectivity index (χ4n) is 9.14. The van der Waals surface area contributed by atoms with Crippen LogP contribution in [-0.4, -0.2) is 72.7 Å². The molecule has 1 N–H and O–H groups in total. The van der Waals surface area contributed by atoms with Crippen LogP contribution in [0.4, 0.5) is 0 Å². The van der Waals surface area contributed by atoms with E-state index < -0.39 is 12.0 Å². The molecule has 0 spiro atoms. The molecule has 0 aliphatic heterocycles. The van der Waals surface area contributed by atoms with Crippen molar-refractivity contribution in [1.82, 2.24) is 14.9 Å². The quantitative estimate of drug-likeness (QED) is 0.0415. The van der Waals surface area contributed by atoms with Gasteiger partial charge in [0.25, 0.3) is 0 Å². The fourth-order valence-corrected chi connectivity index (χ4v) is 9.14. The number of aromatic amines is 1. The predicted octanol–water partition coefficient (Wildman–Crippen LogP) is 8.94. The highest BCUT2D eigenvalue weighted by Crippen LogP contribution is 2.61. The lowest BCUT2D eigenvalue weighted by Gasteiger charge is -2.56. The Labute approximate surface area is 314 Å². The van der Waals surface area contributed by atoms with Crippen LogP contribution in [0.15, 0.2) is 36.8 Å². The monoisotopic (exact) mass is 724 g/mol. The molecule has 1 aromatic rings. The number of allylic oxidation sites excluding steroid dienone is 4. The Bertz CT molecular complexity index is 1210. The molecule has 0 amide bonds. The van der Waals surface area contributed by atoms with Crippen molar-refractivity contribution in [3.05, 3.63) is 42.5 Å². The van der Waals surface area contributed by atoms with Crippen LogP contribution in [0.25, 0.3) is 0 Å². The van der Waals surface area contributed by atoms with Crippen LogP contribution in [-0.2, 0) is 35.0 Å². The third-order valence-corrected chi connectivity index (χ3v) is 11.6. The number of H-pyrrole nitrogens is 1. The van der Waals surface area contributed by atoms with Crippen molar-refractivity contribution in [2.24, 2.45) is 29.1 Å². The van der Waals surface area contributed by atoms with Crippen molar-refractivity contribution in [1.29, 1.82) is 0 Å². The van der Waals surface area contributed by atoms with Gasteiger partial charge in [-0.25, -0.2) is 4.98 Å². The highest BCUT2D eigenvalue weighted by Gasteiger charge is 2.51. The predicted molar refractivity (Wildman–Crippen MR) is 205 cm³/mol. The van der Waals surface area contributed by atoms with Crippen molar-refractivity contribution < 1.29 is 28.6 Å². The van der Waals surface area contributed by atoms with Crippen LogP contribution in [0, 0.1) is 29.1 Å². The van der Waals surface area contributed by atoms with Gasteiger partial charge in [0.15, 0.2) is 0 Å². The maximum absolute atomic E-state index is 13.2. The number of carbonyl (C=O) groups excluding carboxylic acids is 3. The second-order valence-corrected chi connectivity index (χ2v) is 16.6. The Hall–Kier alpha value is -2.94. The zero-order valence-corrected chi connectivity index (χ0v) is 32.7. The summed E-state index contributed by atoms with van der Waals surface area (Å²) in [6, 6.07) is -0.508. The SMILES string of the molecule is CCCCC/C=C\C/C=C\CCCCCCCCC(=O)OCC(COC(=O)CC12CC3CC(CC(C3)C1)C2)COC(=O)[C@H](Cc1cnc[nH]1)N(C)C. The molecule has 4 aliphatic carbocycles. The summed E-state index contributed by atoms with van der Waals surface area (Å²) in [5.74, 6) is 1.05. The number of likely N-dealkylation sites (N-methyl/N-ethyl adjacent to an activating group) is 1. The van der Waals surface area contributed by atoms with E-state index in [9.17, 15) is 14.4 Å². The van der Waals surface area contributed by atoms with E-state index in [-0.39, 0.29) is 43.1 Å². The first kappa shape index (κ1) is 41.8. The second-order valence-electron chi connectivity index (χ2n) is 16.6. The van der Waals surface area contributed by atoms with Crippen molar-refractivity contribution >= 4 is 17.9 Å². The van der Waals surface area contributed by atoms with Gasteiger partial charge in [-0.1, -0.05) is 69.8 Å². The maximum Gasteiger partial charge on any atom is 0.323 e. The molecule has 4 aliphatic rings. The molecule has 9 heteroatoms. The van der Waals surface area contributed by atoms with E-state index in [1.165, 1.54) is 64.2 Å². The molecule has 1 aromatic heterocycles. The largest absolute Gasteiger partial charge is 0.465 e. The topological polar surface area (TPSA) is 111 Å². The molecule has 0 aromatic carbocycles. The smallest absolute Gasteiger partial charge is 0.323 e. The van der Waals surface area contributed by atoms with Crippen LogP contribution < -0.4 is 0 Å². The lowest BCUT2D eigenvalue weighted by molar-refractivity contribution is -0.158. The number of esters is 3. The molecule has 2 atom stereocenters. The summed E-state index contributed by atoms with van der Waals surface area (Å²) in [7, 11) is 3.67. The third-order valence-electron chi connectivity index (χ3n) is 11.6. The highest BCUT2D eigenvalue weighted by molar-refractivity contribution is 5.76. The van der Waals surface area contributed by atoms with Gasteiger partial charge in [-0.15, -0.1) is 0 Å². The highest BCUT2D eigenvalue weighted by atomic mass is 16.6. The van der Waals surface area contributed by atoms with Gasteiger partial charge in [-0.05, 0) is 114 Å². The van der Waals surface area contributed by atoms with Gasteiger partial charge < -0.3 is 19.2 Å². The summed E-state index contributed by atoms with van der Waals surface area (Å²) in [6.45, 7) is 2.35. The van der Waals surface area contributed by atoms with E-state index in [4.69, 9.17) is 14.2 Å². The van der Waals surface area contributed by atoms with E-state index >= 15 is 0 Å². The van der Waals surface area contributed by atoms with E-state index in [0.717, 1.165) is 74.8 Å². The Morgan fingerprint density at radius 1 is 0.808 bits per heavy atom. The molecule has 1 unspecified atom stereocenters. The van der Waals surface area contributed by atoms with Crippen molar-refractivity contribution in [2.75, 3.05) is 33.9 Å². The van der Waals surface area contributed by atoms with Gasteiger partial charge in [0.05, 0.1) is 18.7 Å². The molecule has 4 saturated carbocycles. The molecule has 5 rings (SSSR count). The summed E-state index contributed by atoms with van der Waals surface area (Å²) in [4.78, 5) is 48.0. The number of hydrogen-bond acceptors (Lipinski definition) is 8. The minimum Gasteiger partial charge on any atom is -0.465 e. The Morgan fingerprint density at radius 2 is 1.38 bits per heavy atom. The van der Waals surface area contributed by atoms with Crippen LogP contribution in [0.5, 0.6) is 0 Å². The number of unbranched alkanes of at least 4 members (excludes halogenated alkanes) is 9. The minimum absolute atomic E-state index is 0.00894. The summed E-state index contributed by atoms with van der Waals surface area (Å²) in [5, 5.41) is 0.